The van der Waals surface area contributed by atoms with Crippen molar-refractivity contribution in [2.45, 2.75) is 12.5 Å². The van der Waals surface area contributed by atoms with Crippen LogP contribution in [-0.4, -0.2) is 16.9 Å². The van der Waals surface area contributed by atoms with E-state index in [9.17, 15) is 9.59 Å². The molecule has 0 unspecified atom stereocenters. The number of rotatable bonds is 7. The van der Waals surface area contributed by atoms with Gasteiger partial charge in [0, 0.05) is 6.54 Å². The molecule has 0 saturated heterocycles. The van der Waals surface area contributed by atoms with Gasteiger partial charge in [0.15, 0.2) is 5.11 Å². The van der Waals surface area contributed by atoms with Crippen LogP contribution in [-0.2, 0) is 11.3 Å². The van der Waals surface area contributed by atoms with Gasteiger partial charge < -0.3 is 16.0 Å². The summed E-state index contributed by atoms with van der Waals surface area (Å²) >= 11 is 5.44. The normalized spacial score (nSPS) is 10.4. The van der Waals surface area contributed by atoms with E-state index in [-0.39, 0.29) is 16.9 Å². The van der Waals surface area contributed by atoms with Crippen molar-refractivity contribution in [2.24, 2.45) is 0 Å². The van der Waals surface area contributed by atoms with Crippen LogP contribution in [0.2, 0.25) is 0 Å². The van der Waals surface area contributed by atoms with Crippen molar-refractivity contribution < 1.29 is 9.59 Å². The first-order valence-corrected chi connectivity index (χ1v) is 11.7. The molecule has 0 aromatic heterocycles. The summed E-state index contributed by atoms with van der Waals surface area (Å²) in [4.78, 5) is 26.1. The van der Waals surface area contributed by atoms with Crippen LogP contribution in [0.3, 0.4) is 0 Å². The first-order chi connectivity index (χ1) is 17.1. The molecule has 0 spiro atoms. The molecular weight excluding hydrogens is 454 g/mol. The third-order valence-corrected chi connectivity index (χ3v) is 5.68. The number of benzene rings is 4. The van der Waals surface area contributed by atoms with Gasteiger partial charge in [0.2, 0.25) is 5.91 Å². The summed E-state index contributed by atoms with van der Waals surface area (Å²) in [6.45, 7) is 0.408. The third-order valence-electron chi connectivity index (χ3n) is 5.48. The number of nitrogens with one attached hydrogen (secondary N) is 3. The zero-order valence-corrected chi connectivity index (χ0v) is 19.8. The van der Waals surface area contributed by atoms with E-state index < -0.39 is 5.92 Å². The van der Waals surface area contributed by atoms with E-state index in [1.165, 1.54) is 0 Å². The summed E-state index contributed by atoms with van der Waals surface area (Å²) in [6, 6.07) is 35.8. The van der Waals surface area contributed by atoms with Crippen LogP contribution in [0.1, 0.15) is 33.0 Å². The van der Waals surface area contributed by atoms with Crippen molar-refractivity contribution >= 4 is 34.8 Å². The fourth-order valence-electron chi connectivity index (χ4n) is 3.79. The monoisotopic (exact) mass is 479 g/mol. The molecule has 0 radical (unpaired) electrons. The molecule has 0 fully saturated rings. The van der Waals surface area contributed by atoms with Gasteiger partial charge in [0.1, 0.15) is 0 Å². The number of carbonyl (C=O) groups is 2. The zero-order chi connectivity index (χ0) is 24.5. The van der Waals surface area contributed by atoms with Crippen molar-refractivity contribution in [1.82, 2.24) is 10.6 Å². The maximum atomic E-state index is 13.3. The predicted octanol–water partition coefficient (Wildman–Crippen LogP) is 5.26. The molecule has 0 aliphatic rings. The van der Waals surface area contributed by atoms with Crippen molar-refractivity contribution in [2.75, 3.05) is 5.32 Å². The molecule has 4 rings (SSSR count). The first-order valence-electron chi connectivity index (χ1n) is 11.2. The topological polar surface area (TPSA) is 70.2 Å². The van der Waals surface area contributed by atoms with E-state index in [1.54, 1.807) is 24.3 Å². The standard InChI is InChI=1S/C29H25N3O2S/c33-27(30-20-21-12-4-1-5-13-21)24-18-10-11-19-25(24)31-29(35)32-28(34)26(22-14-6-2-7-15-22)23-16-8-3-9-17-23/h1-19,26H,20H2,(H,30,33)(H2,31,32,34,35). The number of hydrogen-bond acceptors (Lipinski definition) is 3. The molecule has 5 nitrogen and oxygen atoms in total. The lowest BCUT2D eigenvalue weighted by atomic mass is 9.90. The summed E-state index contributed by atoms with van der Waals surface area (Å²) in [5.41, 5.74) is 3.67. The number of amides is 2. The number of thiocarbonyl (C=S) groups is 1. The minimum Gasteiger partial charge on any atom is -0.348 e. The molecule has 4 aromatic carbocycles. The Balaban J connectivity index is 1.46. The Morgan fingerprint density at radius 2 is 1.20 bits per heavy atom. The predicted molar refractivity (Wildman–Crippen MR) is 143 cm³/mol. The van der Waals surface area contributed by atoms with E-state index in [4.69, 9.17) is 12.2 Å². The van der Waals surface area contributed by atoms with Gasteiger partial charge in [-0.05, 0) is 41.0 Å². The Labute approximate surface area is 210 Å². The van der Waals surface area contributed by atoms with Gasteiger partial charge in [-0.1, -0.05) is 103 Å². The molecule has 4 aromatic rings. The van der Waals surface area contributed by atoms with E-state index in [1.807, 2.05) is 91.0 Å². The Morgan fingerprint density at radius 1 is 0.686 bits per heavy atom. The smallest absolute Gasteiger partial charge is 0.253 e. The average Bonchev–Trinajstić information content (AvgIpc) is 2.89. The molecule has 0 heterocycles. The molecule has 0 aliphatic heterocycles. The van der Waals surface area contributed by atoms with Gasteiger partial charge in [0.05, 0.1) is 17.2 Å². The van der Waals surface area contributed by atoms with Crippen LogP contribution >= 0.6 is 12.2 Å². The Morgan fingerprint density at radius 3 is 1.80 bits per heavy atom. The van der Waals surface area contributed by atoms with Crippen molar-refractivity contribution in [3.05, 3.63) is 138 Å². The van der Waals surface area contributed by atoms with Crippen LogP contribution in [0, 0.1) is 0 Å². The molecule has 3 N–H and O–H groups in total. The third kappa shape index (κ3) is 6.40. The van der Waals surface area contributed by atoms with Crippen LogP contribution in [0.4, 0.5) is 5.69 Å². The highest BCUT2D eigenvalue weighted by Gasteiger charge is 2.23. The Hall–Kier alpha value is -4.29. The average molecular weight is 480 g/mol. The van der Waals surface area contributed by atoms with Gasteiger partial charge in [-0.3, -0.25) is 9.59 Å². The lowest BCUT2D eigenvalue weighted by Gasteiger charge is -2.19. The molecule has 0 bridgehead atoms. The quantitative estimate of drug-likeness (QED) is 0.316. The van der Waals surface area contributed by atoms with Crippen molar-refractivity contribution in [3.8, 4) is 0 Å². The van der Waals surface area contributed by atoms with E-state index in [0.717, 1.165) is 16.7 Å². The summed E-state index contributed by atoms with van der Waals surface area (Å²) in [6.07, 6.45) is 0. The zero-order valence-electron chi connectivity index (χ0n) is 19.0. The van der Waals surface area contributed by atoms with Crippen molar-refractivity contribution in [3.63, 3.8) is 0 Å². The van der Waals surface area contributed by atoms with E-state index >= 15 is 0 Å². The second-order valence-corrected chi connectivity index (χ2v) is 8.32. The fourth-order valence-corrected chi connectivity index (χ4v) is 4.00. The number of para-hydroxylation sites is 1. The van der Waals surface area contributed by atoms with Crippen molar-refractivity contribution in [1.29, 1.82) is 0 Å². The molecule has 0 aliphatic carbocycles. The number of anilines is 1. The van der Waals surface area contributed by atoms with Crippen LogP contribution < -0.4 is 16.0 Å². The Kier molecular flexibility index (Phi) is 7.99. The summed E-state index contributed by atoms with van der Waals surface area (Å²) in [5, 5.41) is 8.86. The summed E-state index contributed by atoms with van der Waals surface area (Å²) in [5.74, 6) is -1.02. The second kappa shape index (κ2) is 11.7. The van der Waals surface area contributed by atoms with E-state index in [2.05, 4.69) is 16.0 Å². The number of hydrogen-bond donors (Lipinski definition) is 3. The molecule has 0 atom stereocenters. The SMILES string of the molecule is O=C(NCc1ccccc1)c1ccccc1NC(=S)NC(=O)C(c1ccccc1)c1ccccc1. The maximum Gasteiger partial charge on any atom is 0.253 e. The van der Waals surface area contributed by atoms with Gasteiger partial charge in [-0.2, -0.15) is 0 Å². The molecule has 2 amide bonds. The summed E-state index contributed by atoms with van der Waals surface area (Å²) in [7, 11) is 0. The summed E-state index contributed by atoms with van der Waals surface area (Å²) < 4.78 is 0. The highest BCUT2D eigenvalue weighted by atomic mass is 32.1. The fraction of sp³-hybridized carbons (Fsp3) is 0.0690. The maximum absolute atomic E-state index is 13.3. The molecule has 0 saturated carbocycles. The van der Waals surface area contributed by atoms with E-state index in [0.29, 0.717) is 17.8 Å². The van der Waals surface area contributed by atoms with Gasteiger partial charge in [-0.15, -0.1) is 0 Å². The van der Waals surface area contributed by atoms with Gasteiger partial charge in [0.25, 0.3) is 5.91 Å². The second-order valence-electron chi connectivity index (χ2n) is 7.91. The molecule has 6 heteroatoms. The van der Waals surface area contributed by atoms with Crippen LogP contribution in [0.15, 0.2) is 115 Å². The minimum absolute atomic E-state index is 0.121. The highest BCUT2D eigenvalue weighted by Crippen LogP contribution is 2.25. The molecule has 35 heavy (non-hydrogen) atoms. The first kappa shape index (κ1) is 23.9. The lowest BCUT2D eigenvalue weighted by Crippen LogP contribution is -2.38. The lowest BCUT2D eigenvalue weighted by molar-refractivity contribution is -0.120. The minimum atomic E-state index is -0.526. The van der Waals surface area contributed by atoms with Crippen LogP contribution in [0.25, 0.3) is 0 Å². The van der Waals surface area contributed by atoms with Crippen LogP contribution in [0.5, 0.6) is 0 Å². The largest absolute Gasteiger partial charge is 0.348 e. The van der Waals surface area contributed by atoms with Gasteiger partial charge >= 0.3 is 0 Å². The highest BCUT2D eigenvalue weighted by molar-refractivity contribution is 7.80. The van der Waals surface area contributed by atoms with Gasteiger partial charge in [-0.25, -0.2) is 0 Å². The molecular formula is C29H25N3O2S. The molecule has 174 valence electrons. The Bertz CT molecular complexity index is 1260. The number of carbonyl (C=O) groups excluding carboxylic acids is 2.